The van der Waals surface area contributed by atoms with Crippen molar-refractivity contribution >= 4 is 26.9 Å². The Kier molecular flexibility index (Phi) is 5.13. The van der Waals surface area contributed by atoms with Crippen LogP contribution in [-0.4, -0.2) is 49.1 Å². The van der Waals surface area contributed by atoms with Crippen LogP contribution in [-0.2, 0) is 19.6 Å². The molecule has 1 aromatic heterocycles. The first kappa shape index (κ1) is 18.2. The normalized spacial score (nSPS) is 12.3. The lowest BCUT2D eigenvalue weighted by molar-refractivity contribution is -0.143. The van der Waals surface area contributed by atoms with Gasteiger partial charge in [0.1, 0.15) is 17.0 Å². The predicted octanol–water partition coefficient (Wildman–Crippen LogP) is 1.82. The quantitative estimate of drug-likeness (QED) is 0.789. The minimum absolute atomic E-state index is 0.0579. The van der Waals surface area contributed by atoms with Crippen LogP contribution in [0.1, 0.15) is 18.9 Å². The van der Waals surface area contributed by atoms with Crippen molar-refractivity contribution in [1.82, 2.24) is 14.5 Å². The van der Waals surface area contributed by atoms with Gasteiger partial charge in [0.25, 0.3) is 6.43 Å². The van der Waals surface area contributed by atoms with Crippen LogP contribution in [0.4, 0.5) is 13.2 Å². The SMILES string of the molecule is CCOC(=O)CN(C)S(=O)(=O)c1cc(C(F)F)cc2c(F)[nH]nc12. The smallest absolute Gasteiger partial charge is 0.321 e. The summed E-state index contributed by atoms with van der Waals surface area (Å²) in [5.74, 6) is -1.84. The number of rotatable bonds is 6. The zero-order valence-corrected chi connectivity index (χ0v) is 13.5. The Bertz CT molecular complexity index is 867. The molecule has 0 fully saturated rings. The van der Waals surface area contributed by atoms with Gasteiger partial charge in [0, 0.05) is 12.6 Å². The number of alkyl halides is 2. The average molecular weight is 365 g/mol. The van der Waals surface area contributed by atoms with E-state index in [4.69, 9.17) is 0 Å². The molecule has 7 nitrogen and oxygen atoms in total. The van der Waals surface area contributed by atoms with Gasteiger partial charge >= 0.3 is 5.97 Å². The molecule has 11 heteroatoms. The van der Waals surface area contributed by atoms with E-state index in [2.05, 4.69) is 9.84 Å². The summed E-state index contributed by atoms with van der Waals surface area (Å²) < 4.78 is 70.0. The molecule has 1 heterocycles. The van der Waals surface area contributed by atoms with Crippen molar-refractivity contribution in [3.63, 3.8) is 0 Å². The van der Waals surface area contributed by atoms with E-state index in [1.54, 1.807) is 6.92 Å². The maximum atomic E-state index is 13.6. The van der Waals surface area contributed by atoms with Crippen LogP contribution < -0.4 is 0 Å². The number of hydrogen-bond acceptors (Lipinski definition) is 5. The molecule has 0 saturated heterocycles. The van der Waals surface area contributed by atoms with Crippen LogP contribution in [0, 0.1) is 5.95 Å². The molecule has 2 aromatic rings. The molecule has 1 aromatic carbocycles. The molecule has 0 aliphatic rings. The van der Waals surface area contributed by atoms with Crippen LogP contribution >= 0.6 is 0 Å². The Balaban J connectivity index is 2.55. The molecule has 24 heavy (non-hydrogen) atoms. The summed E-state index contributed by atoms with van der Waals surface area (Å²) in [5.41, 5.74) is -1.00. The Hall–Kier alpha value is -2.14. The van der Waals surface area contributed by atoms with E-state index in [9.17, 15) is 26.4 Å². The van der Waals surface area contributed by atoms with Gasteiger partial charge in [0.2, 0.25) is 16.0 Å². The van der Waals surface area contributed by atoms with E-state index in [1.165, 1.54) is 0 Å². The summed E-state index contributed by atoms with van der Waals surface area (Å²) in [6, 6.07) is 1.54. The fraction of sp³-hybridized carbons (Fsp3) is 0.385. The van der Waals surface area contributed by atoms with Gasteiger partial charge in [0.15, 0.2) is 0 Å². The number of fused-ring (bicyclic) bond motifs is 1. The van der Waals surface area contributed by atoms with E-state index < -0.39 is 45.4 Å². The fourth-order valence-corrected chi connectivity index (χ4v) is 3.34. The Morgan fingerprint density at radius 2 is 2.08 bits per heavy atom. The Morgan fingerprint density at radius 1 is 1.42 bits per heavy atom. The lowest BCUT2D eigenvalue weighted by Crippen LogP contribution is -2.33. The minimum atomic E-state index is -4.37. The maximum Gasteiger partial charge on any atom is 0.321 e. The van der Waals surface area contributed by atoms with Crippen LogP contribution in [0.25, 0.3) is 10.9 Å². The van der Waals surface area contributed by atoms with Gasteiger partial charge in [0.05, 0.1) is 12.0 Å². The van der Waals surface area contributed by atoms with Gasteiger partial charge in [-0.25, -0.2) is 17.2 Å². The number of benzene rings is 1. The lowest BCUT2D eigenvalue weighted by Gasteiger charge is -2.17. The number of hydrogen-bond donors (Lipinski definition) is 1. The Morgan fingerprint density at radius 3 is 2.67 bits per heavy atom. The molecular weight excluding hydrogens is 351 g/mol. The van der Waals surface area contributed by atoms with E-state index in [0.29, 0.717) is 10.4 Å². The minimum Gasteiger partial charge on any atom is -0.465 e. The predicted molar refractivity (Wildman–Crippen MR) is 77.5 cm³/mol. The molecule has 132 valence electrons. The second kappa shape index (κ2) is 6.77. The second-order valence-electron chi connectivity index (χ2n) is 4.82. The average Bonchev–Trinajstić information content (AvgIpc) is 2.87. The van der Waals surface area contributed by atoms with Gasteiger partial charge in [-0.05, 0) is 19.1 Å². The third kappa shape index (κ3) is 3.36. The number of H-pyrrole nitrogens is 1. The van der Waals surface area contributed by atoms with Crippen molar-refractivity contribution in [1.29, 1.82) is 0 Å². The number of carbonyl (C=O) groups is 1. The molecule has 0 atom stereocenters. The summed E-state index contributed by atoms with van der Waals surface area (Å²) in [5, 5.41) is 5.06. The third-order valence-electron chi connectivity index (χ3n) is 3.20. The third-order valence-corrected chi connectivity index (χ3v) is 5.01. The molecule has 0 bridgehead atoms. The van der Waals surface area contributed by atoms with Crippen LogP contribution in [0.2, 0.25) is 0 Å². The van der Waals surface area contributed by atoms with Gasteiger partial charge in [-0.2, -0.15) is 13.8 Å². The van der Waals surface area contributed by atoms with Gasteiger partial charge in [-0.1, -0.05) is 0 Å². The van der Waals surface area contributed by atoms with Crippen molar-refractivity contribution in [3.05, 3.63) is 23.6 Å². The molecule has 2 rings (SSSR count). The highest BCUT2D eigenvalue weighted by molar-refractivity contribution is 7.89. The number of esters is 1. The standard InChI is InChI=1S/C13H14F3N3O4S/c1-3-23-10(20)6-19(2)24(21,22)9-5-7(12(14)15)4-8-11(9)17-18-13(8)16/h4-5,12H,3,6H2,1-2H3,(H,17,18). The van der Waals surface area contributed by atoms with Crippen molar-refractivity contribution < 1.29 is 31.1 Å². The zero-order chi connectivity index (χ0) is 18.1. The molecule has 0 spiro atoms. The van der Waals surface area contributed by atoms with Crippen molar-refractivity contribution in [2.45, 2.75) is 18.2 Å². The maximum absolute atomic E-state index is 13.6. The largest absolute Gasteiger partial charge is 0.465 e. The number of likely N-dealkylation sites (N-methyl/N-ethyl adjacent to an activating group) is 1. The second-order valence-corrected chi connectivity index (χ2v) is 6.83. The monoisotopic (exact) mass is 365 g/mol. The molecule has 0 saturated carbocycles. The van der Waals surface area contributed by atoms with E-state index in [-0.39, 0.29) is 17.5 Å². The highest BCUT2D eigenvalue weighted by atomic mass is 32.2. The number of nitrogens with zero attached hydrogens (tertiary/aromatic N) is 2. The summed E-state index contributed by atoms with van der Waals surface area (Å²) >= 11 is 0. The summed E-state index contributed by atoms with van der Waals surface area (Å²) in [4.78, 5) is 10.8. The van der Waals surface area contributed by atoms with Crippen LogP contribution in [0.5, 0.6) is 0 Å². The number of sulfonamides is 1. The zero-order valence-electron chi connectivity index (χ0n) is 12.7. The number of carbonyl (C=O) groups excluding carboxylic acids is 1. The first-order valence-corrected chi connectivity index (χ1v) is 8.20. The van der Waals surface area contributed by atoms with Crippen molar-refractivity contribution in [2.75, 3.05) is 20.2 Å². The molecule has 0 unspecified atom stereocenters. The Labute approximate surface area is 135 Å². The first-order chi connectivity index (χ1) is 11.2. The number of nitrogens with one attached hydrogen (secondary N) is 1. The van der Waals surface area contributed by atoms with E-state index in [0.717, 1.165) is 13.1 Å². The number of ether oxygens (including phenoxy) is 1. The highest BCUT2D eigenvalue weighted by Crippen LogP contribution is 2.31. The molecule has 0 radical (unpaired) electrons. The molecule has 0 amide bonds. The van der Waals surface area contributed by atoms with E-state index >= 15 is 0 Å². The van der Waals surface area contributed by atoms with Crippen LogP contribution in [0.15, 0.2) is 17.0 Å². The van der Waals surface area contributed by atoms with Gasteiger partial charge < -0.3 is 4.74 Å². The van der Waals surface area contributed by atoms with Crippen LogP contribution in [0.3, 0.4) is 0 Å². The number of aromatic nitrogens is 2. The van der Waals surface area contributed by atoms with Crippen molar-refractivity contribution in [2.24, 2.45) is 0 Å². The fourth-order valence-electron chi connectivity index (χ4n) is 2.04. The summed E-state index contributed by atoms with van der Waals surface area (Å²) in [6.45, 7) is 0.987. The topological polar surface area (TPSA) is 92.4 Å². The summed E-state index contributed by atoms with van der Waals surface area (Å²) in [7, 11) is -3.29. The lowest BCUT2D eigenvalue weighted by atomic mass is 10.1. The summed E-state index contributed by atoms with van der Waals surface area (Å²) in [6.07, 6.45) is -3.01. The molecular formula is C13H14F3N3O4S. The van der Waals surface area contributed by atoms with E-state index in [1.807, 2.05) is 5.10 Å². The number of halogens is 3. The highest BCUT2D eigenvalue weighted by Gasteiger charge is 2.29. The first-order valence-electron chi connectivity index (χ1n) is 6.76. The number of aromatic amines is 1. The molecule has 0 aliphatic heterocycles. The molecule has 1 N–H and O–H groups in total. The molecule has 0 aliphatic carbocycles. The van der Waals surface area contributed by atoms with Gasteiger partial charge in [-0.3, -0.25) is 9.89 Å². The van der Waals surface area contributed by atoms with Gasteiger partial charge in [-0.15, -0.1) is 0 Å². The van der Waals surface area contributed by atoms with Crippen molar-refractivity contribution in [3.8, 4) is 0 Å².